The second-order valence-electron chi connectivity index (χ2n) is 4.43. The molecule has 1 aromatic rings. The Bertz CT molecular complexity index is 424. The van der Waals surface area contributed by atoms with E-state index < -0.39 is 5.97 Å². The van der Waals surface area contributed by atoms with Crippen molar-refractivity contribution in [2.24, 2.45) is 0 Å². The largest absolute Gasteiger partial charge is 0.481 e. The minimum absolute atomic E-state index is 0.0509. The van der Waals surface area contributed by atoms with Gasteiger partial charge in [0.05, 0.1) is 19.6 Å². The molecular weight excluding hydrogens is 237 g/mol. The lowest BCUT2D eigenvalue weighted by Crippen LogP contribution is -2.45. The van der Waals surface area contributed by atoms with Crippen molar-refractivity contribution >= 4 is 5.97 Å². The molecule has 1 heterocycles. The van der Waals surface area contributed by atoms with Crippen LogP contribution in [0.15, 0.2) is 24.3 Å². The molecule has 0 amide bonds. The van der Waals surface area contributed by atoms with E-state index in [0.717, 1.165) is 5.56 Å². The van der Waals surface area contributed by atoms with E-state index in [2.05, 4.69) is 0 Å². The number of carbonyl (C=O) groups is 1. The van der Waals surface area contributed by atoms with Crippen molar-refractivity contribution in [2.75, 3.05) is 19.8 Å². The molecule has 0 aromatic heterocycles. The first kappa shape index (κ1) is 13.0. The topological polar surface area (TPSA) is 49.8 Å². The molecule has 5 heteroatoms. The summed E-state index contributed by atoms with van der Waals surface area (Å²) in [5.74, 6) is -1.11. The lowest BCUT2D eigenvalue weighted by Gasteiger charge is -2.34. The van der Waals surface area contributed by atoms with E-state index in [9.17, 15) is 9.18 Å². The molecule has 2 rings (SSSR count). The predicted molar refractivity (Wildman–Crippen MR) is 63.7 cm³/mol. The van der Waals surface area contributed by atoms with Crippen molar-refractivity contribution in [2.45, 2.75) is 19.0 Å². The predicted octanol–water partition coefficient (Wildman–Crippen LogP) is 1.50. The number of hydrogen-bond acceptors (Lipinski definition) is 3. The lowest BCUT2D eigenvalue weighted by molar-refractivity contribution is -0.140. The van der Waals surface area contributed by atoms with Crippen molar-refractivity contribution in [3.05, 3.63) is 35.6 Å². The van der Waals surface area contributed by atoms with E-state index in [1.165, 1.54) is 12.1 Å². The molecule has 1 N–H and O–H groups in total. The Labute approximate surface area is 105 Å². The SMILES string of the molecule is O=C(O)CC1COCCN1Cc1cccc(F)c1. The number of rotatable bonds is 4. The van der Waals surface area contributed by atoms with Crippen LogP contribution >= 0.6 is 0 Å². The summed E-state index contributed by atoms with van der Waals surface area (Å²) < 4.78 is 18.4. The van der Waals surface area contributed by atoms with Crippen molar-refractivity contribution in [1.82, 2.24) is 4.90 Å². The highest BCUT2D eigenvalue weighted by molar-refractivity contribution is 5.67. The van der Waals surface area contributed by atoms with Crippen molar-refractivity contribution in [3.63, 3.8) is 0 Å². The number of halogens is 1. The summed E-state index contributed by atoms with van der Waals surface area (Å²) in [6.45, 7) is 2.24. The van der Waals surface area contributed by atoms with Gasteiger partial charge in [-0.1, -0.05) is 12.1 Å². The second kappa shape index (κ2) is 5.93. The highest BCUT2D eigenvalue weighted by atomic mass is 19.1. The number of benzene rings is 1. The summed E-state index contributed by atoms with van der Waals surface area (Å²) in [6, 6.07) is 6.25. The summed E-state index contributed by atoms with van der Waals surface area (Å²) in [7, 11) is 0. The molecule has 98 valence electrons. The summed E-state index contributed by atoms with van der Waals surface area (Å²) >= 11 is 0. The molecule has 1 aromatic carbocycles. The number of aliphatic carboxylic acids is 1. The Morgan fingerprint density at radius 3 is 3.11 bits per heavy atom. The molecule has 0 aliphatic carbocycles. The molecular formula is C13H16FNO3. The van der Waals surface area contributed by atoms with Gasteiger partial charge in [0.2, 0.25) is 0 Å². The Balaban J connectivity index is 2.03. The first-order valence-electron chi connectivity index (χ1n) is 5.93. The fraction of sp³-hybridized carbons (Fsp3) is 0.462. The number of ether oxygens (including phenoxy) is 1. The van der Waals surface area contributed by atoms with Crippen LogP contribution < -0.4 is 0 Å². The van der Waals surface area contributed by atoms with Crippen LogP contribution in [0.3, 0.4) is 0 Å². The van der Waals surface area contributed by atoms with Gasteiger partial charge in [-0.15, -0.1) is 0 Å². The third-order valence-electron chi connectivity index (χ3n) is 3.03. The van der Waals surface area contributed by atoms with Gasteiger partial charge in [-0.3, -0.25) is 9.69 Å². The van der Waals surface area contributed by atoms with Crippen LogP contribution in [0.4, 0.5) is 4.39 Å². The first-order valence-corrected chi connectivity index (χ1v) is 5.93. The van der Waals surface area contributed by atoms with E-state index in [1.54, 1.807) is 6.07 Å². The lowest BCUT2D eigenvalue weighted by atomic mass is 10.1. The maximum Gasteiger partial charge on any atom is 0.305 e. The van der Waals surface area contributed by atoms with Crippen LogP contribution in [-0.4, -0.2) is 41.8 Å². The molecule has 0 saturated carbocycles. The van der Waals surface area contributed by atoms with E-state index in [0.29, 0.717) is 26.3 Å². The van der Waals surface area contributed by atoms with Gasteiger partial charge in [0.15, 0.2) is 0 Å². The van der Waals surface area contributed by atoms with Crippen molar-refractivity contribution in [1.29, 1.82) is 0 Å². The normalized spacial score (nSPS) is 20.8. The average molecular weight is 253 g/mol. The highest BCUT2D eigenvalue weighted by Gasteiger charge is 2.25. The van der Waals surface area contributed by atoms with E-state index in [-0.39, 0.29) is 18.3 Å². The molecule has 1 fully saturated rings. The number of nitrogens with zero attached hydrogens (tertiary/aromatic N) is 1. The summed E-state index contributed by atoms with van der Waals surface area (Å²) in [5.41, 5.74) is 0.854. The van der Waals surface area contributed by atoms with Crippen LogP contribution in [0.5, 0.6) is 0 Å². The molecule has 0 bridgehead atoms. The van der Waals surface area contributed by atoms with Gasteiger partial charge in [0.25, 0.3) is 0 Å². The summed E-state index contributed by atoms with van der Waals surface area (Å²) in [4.78, 5) is 12.8. The van der Waals surface area contributed by atoms with E-state index >= 15 is 0 Å². The molecule has 1 unspecified atom stereocenters. The zero-order valence-electron chi connectivity index (χ0n) is 10.0. The van der Waals surface area contributed by atoms with Gasteiger partial charge in [-0.25, -0.2) is 4.39 Å². The Morgan fingerprint density at radius 2 is 2.39 bits per heavy atom. The summed E-state index contributed by atoms with van der Waals surface area (Å²) in [5, 5.41) is 8.85. The Kier molecular flexibility index (Phi) is 4.28. The van der Waals surface area contributed by atoms with Gasteiger partial charge in [0.1, 0.15) is 5.82 Å². The number of carboxylic acids is 1. The van der Waals surface area contributed by atoms with Crippen molar-refractivity contribution < 1.29 is 19.0 Å². The smallest absolute Gasteiger partial charge is 0.305 e. The van der Waals surface area contributed by atoms with Gasteiger partial charge >= 0.3 is 5.97 Å². The minimum Gasteiger partial charge on any atom is -0.481 e. The van der Waals surface area contributed by atoms with E-state index in [4.69, 9.17) is 9.84 Å². The molecule has 1 atom stereocenters. The quantitative estimate of drug-likeness (QED) is 0.883. The van der Waals surface area contributed by atoms with Gasteiger partial charge in [-0.2, -0.15) is 0 Å². The van der Waals surface area contributed by atoms with Crippen LogP contribution in [0.2, 0.25) is 0 Å². The van der Waals surface area contributed by atoms with Gasteiger partial charge < -0.3 is 9.84 Å². The third kappa shape index (κ3) is 3.51. The standard InChI is InChI=1S/C13H16FNO3/c14-11-3-1-2-10(6-11)8-15-4-5-18-9-12(15)7-13(16)17/h1-3,6,12H,4-5,7-9H2,(H,16,17). The Morgan fingerprint density at radius 1 is 1.56 bits per heavy atom. The Hall–Kier alpha value is -1.46. The van der Waals surface area contributed by atoms with Gasteiger partial charge in [-0.05, 0) is 17.7 Å². The third-order valence-corrected chi connectivity index (χ3v) is 3.03. The maximum atomic E-state index is 13.1. The zero-order valence-corrected chi connectivity index (χ0v) is 10.0. The monoisotopic (exact) mass is 253 g/mol. The molecule has 1 aliphatic heterocycles. The van der Waals surface area contributed by atoms with Crippen LogP contribution in [0.25, 0.3) is 0 Å². The van der Waals surface area contributed by atoms with Crippen LogP contribution in [0, 0.1) is 5.82 Å². The fourth-order valence-electron chi connectivity index (χ4n) is 2.16. The second-order valence-corrected chi connectivity index (χ2v) is 4.43. The average Bonchev–Trinajstić information content (AvgIpc) is 2.31. The number of hydrogen-bond donors (Lipinski definition) is 1. The van der Waals surface area contributed by atoms with Crippen LogP contribution in [0.1, 0.15) is 12.0 Å². The number of carboxylic acid groups (broad SMARTS) is 1. The van der Waals surface area contributed by atoms with Crippen molar-refractivity contribution in [3.8, 4) is 0 Å². The van der Waals surface area contributed by atoms with Crippen LogP contribution in [-0.2, 0) is 16.1 Å². The zero-order chi connectivity index (χ0) is 13.0. The molecule has 1 saturated heterocycles. The highest BCUT2D eigenvalue weighted by Crippen LogP contribution is 2.15. The van der Waals surface area contributed by atoms with Gasteiger partial charge in [0, 0.05) is 19.1 Å². The molecule has 4 nitrogen and oxygen atoms in total. The first-order chi connectivity index (χ1) is 8.65. The maximum absolute atomic E-state index is 13.1. The van der Waals surface area contributed by atoms with E-state index in [1.807, 2.05) is 11.0 Å². The minimum atomic E-state index is -0.838. The summed E-state index contributed by atoms with van der Waals surface area (Å²) in [6.07, 6.45) is 0.0509. The fourth-order valence-corrected chi connectivity index (χ4v) is 2.16. The molecule has 0 spiro atoms. The molecule has 0 radical (unpaired) electrons. The molecule has 18 heavy (non-hydrogen) atoms. The number of morpholine rings is 1. The molecule has 1 aliphatic rings.